The molecule has 1 amide bonds. The third-order valence-electron chi connectivity index (χ3n) is 5.41. The van der Waals surface area contributed by atoms with Crippen molar-refractivity contribution < 1.29 is 9.59 Å². The maximum Gasteiger partial charge on any atom is 0.223 e. The van der Waals surface area contributed by atoms with Gasteiger partial charge in [-0.15, -0.1) is 0 Å². The fourth-order valence-electron chi connectivity index (χ4n) is 3.37. The smallest absolute Gasteiger partial charge is 0.223 e. The van der Waals surface area contributed by atoms with E-state index in [-0.39, 0.29) is 30.6 Å². The molecule has 2 aromatic carbocycles. The van der Waals surface area contributed by atoms with E-state index in [4.69, 9.17) is 0 Å². The number of aryl methyl sites for hydroxylation is 1. The SMILES string of the molecule is CCCc1ccc(C(=O)CCC(=O)N(C)[C@H](C)c2ccc(-n3cncn3)cc2)cc1. The zero-order chi connectivity index (χ0) is 21.5. The molecule has 0 aliphatic carbocycles. The fourth-order valence-corrected chi connectivity index (χ4v) is 3.37. The van der Waals surface area contributed by atoms with Gasteiger partial charge in [-0.3, -0.25) is 9.59 Å². The number of Topliss-reactive ketones (excluding diaryl/α,β-unsaturated/α-hetero) is 1. The Labute approximate surface area is 177 Å². The molecular weight excluding hydrogens is 376 g/mol. The van der Waals surface area contributed by atoms with Crippen molar-refractivity contribution in [2.45, 2.75) is 45.6 Å². The van der Waals surface area contributed by atoms with Crippen molar-refractivity contribution >= 4 is 11.7 Å². The molecular formula is C24H28N4O2. The summed E-state index contributed by atoms with van der Waals surface area (Å²) in [6, 6.07) is 15.5. The number of carbonyl (C=O) groups excluding carboxylic acids is 2. The Kier molecular flexibility index (Phi) is 7.12. The van der Waals surface area contributed by atoms with Crippen LogP contribution >= 0.6 is 0 Å². The highest BCUT2D eigenvalue weighted by molar-refractivity contribution is 5.98. The van der Waals surface area contributed by atoms with Gasteiger partial charge in [0.15, 0.2) is 5.78 Å². The van der Waals surface area contributed by atoms with Gasteiger partial charge in [-0.05, 0) is 36.6 Å². The predicted molar refractivity (Wildman–Crippen MR) is 117 cm³/mol. The molecule has 1 heterocycles. The first-order chi connectivity index (χ1) is 14.5. The maximum absolute atomic E-state index is 12.6. The van der Waals surface area contributed by atoms with Crippen LogP contribution in [0.1, 0.15) is 60.6 Å². The number of ketones is 1. The highest BCUT2D eigenvalue weighted by Crippen LogP contribution is 2.21. The molecule has 30 heavy (non-hydrogen) atoms. The second kappa shape index (κ2) is 9.96. The standard InChI is InChI=1S/C24H28N4O2/c1-4-5-19-6-8-21(9-7-19)23(29)14-15-24(30)27(3)18(2)20-10-12-22(13-11-20)28-17-25-16-26-28/h6-13,16-18H,4-5,14-15H2,1-3H3/t18-/m1/s1. The van der Waals surface area contributed by atoms with Crippen molar-refractivity contribution in [3.05, 3.63) is 77.9 Å². The molecule has 0 aliphatic heterocycles. The molecule has 3 rings (SSSR count). The van der Waals surface area contributed by atoms with E-state index in [0.717, 1.165) is 24.1 Å². The number of benzene rings is 2. The van der Waals surface area contributed by atoms with Crippen LogP contribution in [0, 0.1) is 0 Å². The van der Waals surface area contributed by atoms with Crippen molar-refractivity contribution in [1.82, 2.24) is 19.7 Å². The highest BCUT2D eigenvalue weighted by atomic mass is 16.2. The van der Waals surface area contributed by atoms with E-state index in [1.54, 1.807) is 23.0 Å². The number of rotatable bonds is 9. The molecule has 0 unspecified atom stereocenters. The lowest BCUT2D eigenvalue weighted by Gasteiger charge is -2.25. The van der Waals surface area contributed by atoms with Crippen LogP contribution in [0.15, 0.2) is 61.2 Å². The first-order valence-electron chi connectivity index (χ1n) is 10.3. The summed E-state index contributed by atoms with van der Waals surface area (Å²) in [6.45, 7) is 4.12. The molecule has 0 N–H and O–H groups in total. The number of carbonyl (C=O) groups is 2. The van der Waals surface area contributed by atoms with Gasteiger partial charge in [0.25, 0.3) is 0 Å². The molecule has 0 aliphatic rings. The van der Waals surface area contributed by atoms with Gasteiger partial charge < -0.3 is 4.90 Å². The summed E-state index contributed by atoms with van der Waals surface area (Å²) in [4.78, 5) is 30.7. The van der Waals surface area contributed by atoms with Crippen LogP contribution in [0.25, 0.3) is 5.69 Å². The Morgan fingerprint density at radius 1 is 1.03 bits per heavy atom. The molecule has 156 valence electrons. The Bertz CT molecular complexity index is 963. The zero-order valence-electron chi connectivity index (χ0n) is 17.8. The molecule has 6 heteroatoms. The topological polar surface area (TPSA) is 68.1 Å². The largest absolute Gasteiger partial charge is 0.339 e. The Hall–Kier alpha value is -3.28. The first-order valence-corrected chi connectivity index (χ1v) is 10.3. The molecule has 0 bridgehead atoms. The summed E-state index contributed by atoms with van der Waals surface area (Å²) in [5.74, 6) is -0.0385. The predicted octanol–water partition coefficient (Wildman–Crippen LogP) is 4.40. The molecule has 1 atom stereocenters. The second-order valence-corrected chi connectivity index (χ2v) is 7.48. The summed E-state index contributed by atoms with van der Waals surface area (Å²) in [5, 5.41) is 4.11. The summed E-state index contributed by atoms with van der Waals surface area (Å²) in [5.41, 5.74) is 3.83. The quantitative estimate of drug-likeness (QED) is 0.496. The van der Waals surface area contributed by atoms with Gasteiger partial charge in [-0.1, -0.05) is 49.7 Å². The van der Waals surface area contributed by atoms with Gasteiger partial charge in [-0.25, -0.2) is 9.67 Å². The third kappa shape index (κ3) is 5.20. The van der Waals surface area contributed by atoms with Crippen LogP contribution in [-0.2, 0) is 11.2 Å². The van der Waals surface area contributed by atoms with Crippen molar-refractivity contribution in [1.29, 1.82) is 0 Å². The Morgan fingerprint density at radius 3 is 2.33 bits per heavy atom. The summed E-state index contributed by atoms with van der Waals surface area (Å²) >= 11 is 0. The summed E-state index contributed by atoms with van der Waals surface area (Å²) < 4.78 is 1.68. The average Bonchev–Trinajstić information content (AvgIpc) is 3.32. The molecule has 0 spiro atoms. The van der Waals surface area contributed by atoms with E-state index < -0.39 is 0 Å². The lowest BCUT2D eigenvalue weighted by atomic mass is 10.0. The second-order valence-electron chi connectivity index (χ2n) is 7.48. The summed E-state index contributed by atoms with van der Waals surface area (Å²) in [7, 11) is 1.78. The molecule has 0 saturated heterocycles. The summed E-state index contributed by atoms with van der Waals surface area (Å²) in [6.07, 6.45) is 5.64. The zero-order valence-corrected chi connectivity index (χ0v) is 17.8. The number of hydrogen-bond donors (Lipinski definition) is 0. The average molecular weight is 405 g/mol. The molecule has 1 aromatic heterocycles. The lowest BCUT2D eigenvalue weighted by Crippen LogP contribution is -2.29. The number of hydrogen-bond acceptors (Lipinski definition) is 4. The van der Waals surface area contributed by atoms with Gasteiger partial charge >= 0.3 is 0 Å². The van der Waals surface area contributed by atoms with Crippen LogP contribution < -0.4 is 0 Å². The minimum absolute atomic E-state index is 0.00429. The lowest BCUT2D eigenvalue weighted by molar-refractivity contribution is -0.131. The molecule has 0 saturated carbocycles. The van der Waals surface area contributed by atoms with E-state index in [1.807, 2.05) is 55.5 Å². The highest BCUT2D eigenvalue weighted by Gasteiger charge is 2.19. The number of nitrogens with zero attached hydrogens (tertiary/aromatic N) is 4. The van der Waals surface area contributed by atoms with Crippen molar-refractivity contribution in [2.75, 3.05) is 7.05 Å². The van der Waals surface area contributed by atoms with Crippen LogP contribution in [-0.4, -0.2) is 38.4 Å². The maximum atomic E-state index is 12.6. The number of aromatic nitrogens is 3. The first kappa shape index (κ1) is 21.4. The molecule has 0 radical (unpaired) electrons. The van der Waals surface area contributed by atoms with Gasteiger partial charge in [0.05, 0.1) is 11.7 Å². The Balaban J connectivity index is 1.55. The van der Waals surface area contributed by atoms with E-state index in [2.05, 4.69) is 17.0 Å². The molecule has 3 aromatic rings. The number of amides is 1. The van der Waals surface area contributed by atoms with E-state index in [0.29, 0.717) is 5.56 Å². The monoisotopic (exact) mass is 404 g/mol. The van der Waals surface area contributed by atoms with Crippen LogP contribution in [0.2, 0.25) is 0 Å². The van der Waals surface area contributed by atoms with E-state index in [1.165, 1.54) is 11.9 Å². The van der Waals surface area contributed by atoms with Crippen molar-refractivity contribution in [2.24, 2.45) is 0 Å². The molecule has 0 fully saturated rings. The van der Waals surface area contributed by atoms with Gasteiger partial charge in [0.2, 0.25) is 5.91 Å². The third-order valence-corrected chi connectivity index (χ3v) is 5.41. The Morgan fingerprint density at radius 2 is 1.73 bits per heavy atom. The van der Waals surface area contributed by atoms with Crippen molar-refractivity contribution in [3.63, 3.8) is 0 Å². The fraction of sp³-hybridized carbons (Fsp3) is 0.333. The molecule has 6 nitrogen and oxygen atoms in total. The van der Waals surface area contributed by atoms with Crippen LogP contribution in [0.4, 0.5) is 0 Å². The normalized spacial score (nSPS) is 11.8. The van der Waals surface area contributed by atoms with E-state index >= 15 is 0 Å². The van der Waals surface area contributed by atoms with Gasteiger partial charge in [0.1, 0.15) is 12.7 Å². The van der Waals surface area contributed by atoms with Crippen molar-refractivity contribution in [3.8, 4) is 5.69 Å². The minimum atomic E-state index is -0.0919. The minimum Gasteiger partial charge on any atom is -0.339 e. The van der Waals surface area contributed by atoms with Gasteiger partial charge in [-0.2, -0.15) is 5.10 Å². The van der Waals surface area contributed by atoms with E-state index in [9.17, 15) is 9.59 Å². The van der Waals surface area contributed by atoms with Crippen LogP contribution in [0.5, 0.6) is 0 Å². The van der Waals surface area contributed by atoms with Gasteiger partial charge in [0, 0.05) is 25.5 Å². The van der Waals surface area contributed by atoms with Crippen LogP contribution in [0.3, 0.4) is 0 Å².